The van der Waals surface area contributed by atoms with Gasteiger partial charge in [-0.3, -0.25) is 0 Å². The van der Waals surface area contributed by atoms with Crippen molar-refractivity contribution in [2.75, 3.05) is 7.11 Å². The summed E-state index contributed by atoms with van der Waals surface area (Å²) in [4.78, 5) is 1.34. The summed E-state index contributed by atoms with van der Waals surface area (Å²) in [5.41, 5.74) is 1.25. The lowest BCUT2D eigenvalue weighted by atomic mass is 9.98. The van der Waals surface area contributed by atoms with Crippen LogP contribution >= 0.6 is 11.8 Å². The van der Waals surface area contributed by atoms with E-state index in [-0.39, 0.29) is 5.60 Å². The highest BCUT2D eigenvalue weighted by Gasteiger charge is 2.21. The molecule has 0 aliphatic heterocycles. The molecule has 0 saturated carbocycles. The van der Waals surface area contributed by atoms with Crippen molar-refractivity contribution in [1.29, 1.82) is 0 Å². The molecule has 1 aromatic carbocycles. The van der Waals surface area contributed by atoms with Crippen LogP contribution in [0.1, 0.15) is 18.9 Å². The molecule has 1 unspecified atom stereocenters. The maximum Gasteiger partial charge on any atom is 0.0868 e. The zero-order valence-corrected chi connectivity index (χ0v) is 11.2. The number of hydrogen-bond acceptors (Lipinski definition) is 2. The second-order valence-corrected chi connectivity index (χ2v) is 5.48. The zero-order valence-electron chi connectivity index (χ0n) is 10.3. The summed E-state index contributed by atoms with van der Waals surface area (Å²) < 4.78 is 5.45. The minimum atomic E-state index is -0.114. The van der Waals surface area contributed by atoms with Gasteiger partial charge in [-0.15, -0.1) is 11.8 Å². The average Bonchev–Trinajstić information content (AvgIpc) is 2.39. The molecule has 90 valence electrons. The van der Waals surface area contributed by atoms with E-state index in [4.69, 9.17) is 4.74 Å². The van der Waals surface area contributed by atoms with Crippen molar-refractivity contribution in [1.82, 2.24) is 0 Å². The van der Waals surface area contributed by atoms with Crippen molar-refractivity contribution in [3.05, 3.63) is 59.0 Å². The Morgan fingerprint density at radius 2 is 2.06 bits per heavy atom. The molecule has 0 N–H and O–H groups in total. The largest absolute Gasteiger partial charge is 0.374 e. The molecule has 0 heterocycles. The highest BCUT2D eigenvalue weighted by Crippen LogP contribution is 2.30. The first-order chi connectivity index (χ1) is 8.22. The van der Waals surface area contributed by atoms with Crippen LogP contribution in [-0.4, -0.2) is 12.7 Å². The number of allylic oxidation sites excluding steroid dienone is 1. The molecular weight excluding hydrogens is 228 g/mol. The summed E-state index contributed by atoms with van der Waals surface area (Å²) >= 11 is 1.88. The Hall–Kier alpha value is -0.990. The van der Waals surface area contributed by atoms with Crippen molar-refractivity contribution in [2.24, 2.45) is 0 Å². The van der Waals surface area contributed by atoms with E-state index in [9.17, 15) is 0 Å². The Morgan fingerprint density at radius 3 is 2.65 bits per heavy atom. The van der Waals surface area contributed by atoms with E-state index in [1.807, 2.05) is 11.8 Å². The Kier molecular flexibility index (Phi) is 4.08. The molecule has 0 spiro atoms. The van der Waals surface area contributed by atoms with E-state index in [2.05, 4.69) is 55.5 Å². The Labute approximate surface area is 108 Å². The highest BCUT2D eigenvalue weighted by molar-refractivity contribution is 8.02. The molecular formula is C15H18OS. The summed E-state index contributed by atoms with van der Waals surface area (Å²) in [5.74, 6) is 1.03. The maximum absolute atomic E-state index is 5.45. The fourth-order valence-corrected chi connectivity index (χ4v) is 2.59. The van der Waals surface area contributed by atoms with Gasteiger partial charge in [0.1, 0.15) is 0 Å². The van der Waals surface area contributed by atoms with E-state index in [1.54, 1.807) is 7.11 Å². The molecule has 17 heavy (non-hydrogen) atoms. The lowest BCUT2D eigenvalue weighted by molar-refractivity contribution is 0.0505. The molecule has 0 radical (unpaired) electrons. The Morgan fingerprint density at radius 1 is 1.29 bits per heavy atom. The summed E-state index contributed by atoms with van der Waals surface area (Å²) in [6.07, 6.45) is 7.54. The Balaban J connectivity index is 1.89. The van der Waals surface area contributed by atoms with E-state index in [0.29, 0.717) is 0 Å². The molecule has 1 aromatic rings. The van der Waals surface area contributed by atoms with Gasteiger partial charge in [0.2, 0.25) is 0 Å². The van der Waals surface area contributed by atoms with Gasteiger partial charge in [0.25, 0.3) is 0 Å². The molecule has 0 fully saturated rings. The summed E-state index contributed by atoms with van der Waals surface area (Å²) in [7, 11) is 1.76. The lowest BCUT2D eigenvalue weighted by Crippen LogP contribution is -2.24. The van der Waals surface area contributed by atoms with E-state index < -0.39 is 0 Å². The minimum absolute atomic E-state index is 0.114. The average molecular weight is 246 g/mol. The van der Waals surface area contributed by atoms with Gasteiger partial charge in [0, 0.05) is 17.8 Å². The van der Waals surface area contributed by atoms with Gasteiger partial charge in [-0.2, -0.15) is 0 Å². The molecule has 2 heteroatoms. The van der Waals surface area contributed by atoms with Gasteiger partial charge in [-0.25, -0.2) is 0 Å². The van der Waals surface area contributed by atoms with Crippen molar-refractivity contribution < 1.29 is 4.74 Å². The van der Waals surface area contributed by atoms with Crippen LogP contribution in [-0.2, 0) is 10.5 Å². The van der Waals surface area contributed by atoms with E-state index in [0.717, 1.165) is 12.2 Å². The van der Waals surface area contributed by atoms with Gasteiger partial charge in [0.15, 0.2) is 0 Å². The van der Waals surface area contributed by atoms with Gasteiger partial charge in [-0.1, -0.05) is 48.6 Å². The van der Waals surface area contributed by atoms with Crippen LogP contribution in [0.2, 0.25) is 0 Å². The van der Waals surface area contributed by atoms with E-state index in [1.165, 1.54) is 10.5 Å². The predicted molar refractivity (Wildman–Crippen MR) is 75.0 cm³/mol. The number of hydrogen-bond donors (Lipinski definition) is 0. The molecule has 1 aliphatic rings. The van der Waals surface area contributed by atoms with Crippen molar-refractivity contribution in [2.45, 2.75) is 24.7 Å². The van der Waals surface area contributed by atoms with Crippen molar-refractivity contribution in [3.63, 3.8) is 0 Å². The van der Waals surface area contributed by atoms with Crippen molar-refractivity contribution >= 4 is 11.8 Å². The van der Waals surface area contributed by atoms with Crippen LogP contribution in [0.5, 0.6) is 0 Å². The molecule has 2 rings (SSSR count). The summed E-state index contributed by atoms with van der Waals surface area (Å²) in [6.45, 7) is 2.11. The quantitative estimate of drug-likeness (QED) is 0.788. The fraction of sp³-hybridized carbons (Fsp3) is 0.333. The standard InChI is InChI=1S/C15H18OS/c1-15(16-2)10-8-14(9-11-15)17-12-13-6-4-3-5-7-13/h3-10H,11-12H2,1-2H3. The fourth-order valence-electron chi connectivity index (χ4n) is 1.70. The number of ether oxygens (including phenoxy) is 1. The van der Waals surface area contributed by atoms with Crippen molar-refractivity contribution in [3.8, 4) is 0 Å². The third-order valence-electron chi connectivity index (χ3n) is 3.02. The van der Waals surface area contributed by atoms with Crippen LogP contribution in [0.25, 0.3) is 0 Å². The highest BCUT2D eigenvalue weighted by atomic mass is 32.2. The molecule has 1 aliphatic carbocycles. The molecule has 0 aromatic heterocycles. The van der Waals surface area contributed by atoms with Crippen LogP contribution in [0.4, 0.5) is 0 Å². The zero-order chi connectivity index (χ0) is 12.1. The normalized spacial score (nSPS) is 23.5. The van der Waals surface area contributed by atoms with Crippen LogP contribution in [0.3, 0.4) is 0 Å². The SMILES string of the molecule is COC1(C)C=CC(SCc2ccccc2)=CC1. The van der Waals surface area contributed by atoms with Gasteiger partial charge in [0.05, 0.1) is 5.60 Å². The second kappa shape index (κ2) is 5.56. The second-order valence-electron chi connectivity index (χ2n) is 4.44. The first kappa shape index (κ1) is 12.5. The monoisotopic (exact) mass is 246 g/mol. The molecule has 0 amide bonds. The lowest BCUT2D eigenvalue weighted by Gasteiger charge is -2.26. The summed E-state index contributed by atoms with van der Waals surface area (Å²) in [5, 5.41) is 0. The third-order valence-corrected chi connectivity index (χ3v) is 4.14. The van der Waals surface area contributed by atoms with Crippen LogP contribution in [0.15, 0.2) is 53.5 Å². The van der Waals surface area contributed by atoms with Crippen LogP contribution < -0.4 is 0 Å². The third kappa shape index (κ3) is 3.48. The number of rotatable bonds is 4. The Bertz CT molecular complexity index is 422. The number of thioether (sulfide) groups is 1. The predicted octanol–water partition coefficient (Wildman–Crippen LogP) is 4.17. The number of benzene rings is 1. The first-order valence-corrected chi connectivity index (χ1v) is 6.82. The maximum atomic E-state index is 5.45. The van der Waals surface area contributed by atoms with Crippen LogP contribution in [0, 0.1) is 0 Å². The molecule has 0 saturated heterocycles. The minimum Gasteiger partial charge on any atom is -0.374 e. The van der Waals surface area contributed by atoms with Gasteiger partial charge in [-0.05, 0) is 18.9 Å². The topological polar surface area (TPSA) is 9.23 Å². The number of methoxy groups -OCH3 is 1. The summed E-state index contributed by atoms with van der Waals surface area (Å²) in [6, 6.07) is 10.6. The first-order valence-electron chi connectivity index (χ1n) is 5.83. The van der Waals surface area contributed by atoms with Gasteiger partial charge < -0.3 is 4.74 Å². The molecule has 1 atom stereocenters. The smallest absolute Gasteiger partial charge is 0.0868 e. The molecule has 1 nitrogen and oxygen atoms in total. The van der Waals surface area contributed by atoms with E-state index >= 15 is 0 Å². The molecule has 0 bridgehead atoms. The van der Waals surface area contributed by atoms with Gasteiger partial charge >= 0.3 is 0 Å².